The van der Waals surface area contributed by atoms with Gasteiger partial charge in [0.25, 0.3) is 5.78 Å². The summed E-state index contributed by atoms with van der Waals surface area (Å²) in [6.07, 6.45) is -4.43. The number of urea groups is 1. The van der Waals surface area contributed by atoms with E-state index in [9.17, 15) is 9.59 Å². The summed E-state index contributed by atoms with van der Waals surface area (Å²) in [4.78, 5) is 30.1. The van der Waals surface area contributed by atoms with E-state index in [4.69, 9.17) is 20.1 Å². The number of hydrogen-bond acceptors (Lipinski definition) is 7. The third-order valence-corrected chi connectivity index (χ3v) is 1.59. The Morgan fingerprint density at radius 3 is 2.12 bits per heavy atom. The van der Waals surface area contributed by atoms with Crippen LogP contribution in [0.25, 0.3) is 0 Å². The highest BCUT2D eigenvalue weighted by Crippen LogP contribution is 2.14. The summed E-state index contributed by atoms with van der Waals surface area (Å²) >= 11 is 0. The van der Waals surface area contributed by atoms with Gasteiger partial charge in [-0.1, -0.05) is 0 Å². The van der Waals surface area contributed by atoms with E-state index in [1.165, 1.54) is 0 Å². The molecule has 92 valence electrons. The molecule has 1 saturated heterocycles. The van der Waals surface area contributed by atoms with Crippen LogP contribution in [0, 0.1) is 0 Å². The van der Waals surface area contributed by atoms with E-state index in [1.54, 1.807) is 0 Å². The molecule has 1 fully saturated rings. The van der Waals surface area contributed by atoms with Crippen molar-refractivity contribution in [2.24, 2.45) is 11.5 Å². The van der Waals surface area contributed by atoms with E-state index in [0.29, 0.717) is 0 Å². The predicted octanol–water partition coefficient (Wildman–Crippen LogP) is -3.78. The summed E-state index contributed by atoms with van der Waals surface area (Å²) in [7, 11) is 0. The molecule has 2 amide bonds. The monoisotopic (exact) mass is 236 g/mol. The number of ketones is 1. The maximum atomic E-state index is 10.6. The average Bonchev–Trinajstić information content (AvgIpc) is 2.44. The van der Waals surface area contributed by atoms with Crippen molar-refractivity contribution in [3.8, 4) is 0 Å². The van der Waals surface area contributed by atoms with E-state index in [-0.39, 0.29) is 0 Å². The lowest BCUT2D eigenvalue weighted by Crippen LogP contribution is -2.38. The summed E-state index contributed by atoms with van der Waals surface area (Å²) in [5.74, 6) is -2.27. The van der Waals surface area contributed by atoms with Crippen molar-refractivity contribution in [1.82, 2.24) is 0 Å². The Balaban J connectivity index is 0.000000487. The highest BCUT2D eigenvalue weighted by Gasteiger charge is 2.45. The van der Waals surface area contributed by atoms with Gasteiger partial charge in [0, 0.05) is 0 Å². The summed E-state index contributed by atoms with van der Waals surface area (Å²) in [5.41, 5.74) is 8.50. The van der Waals surface area contributed by atoms with Gasteiger partial charge in [0.15, 0.2) is 12.2 Å². The average molecular weight is 236 g/mol. The van der Waals surface area contributed by atoms with Crippen molar-refractivity contribution >= 4 is 17.8 Å². The minimum absolute atomic E-state index is 0.678. The van der Waals surface area contributed by atoms with Crippen LogP contribution < -0.4 is 11.5 Å². The number of rotatable bonds is 2. The van der Waals surface area contributed by atoms with Crippen LogP contribution in [0.3, 0.4) is 0 Å². The number of carbonyl (C=O) groups is 3. The van der Waals surface area contributed by atoms with Crippen molar-refractivity contribution < 1.29 is 34.4 Å². The topological polar surface area (TPSA) is 173 Å². The number of Topliss-reactive ketones (excluding diaryl/α,β-unsaturated/α-hetero) is 1. The second-order valence-corrected chi connectivity index (χ2v) is 2.83. The minimum atomic E-state index is -1.67. The molecule has 3 atom stereocenters. The van der Waals surface area contributed by atoms with Crippen molar-refractivity contribution in [2.45, 2.75) is 18.3 Å². The van der Waals surface area contributed by atoms with E-state index in [0.717, 1.165) is 0 Å². The van der Waals surface area contributed by atoms with E-state index in [1.807, 2.05) is 0 Å². The number of cyclic esters (lactones) is 1. The molecule has 1 aliphatic heterocycles. The Kier molecular flexibility index (Phi) is 5.36. The van der Waals surface area contributed by atoms with Crippen LogP contribution >= 0.6 is 0 Å². The maximum Gasteiger partial charge on any atom is 0.378 e. The quantitative estimate of drug-likeness (QED) is 0.241. The van der Waals surface area contributed by atoms with Gasteiger partial charge in [-0.2, -0.15) is 0 Å². The van der Waals surface area contributed by atoms with E-state index >= 15 is 0 Å². The molecule has 9 heteroatoms. The minimum Gasteiger partial charge on any atom is -0.450 e. The van der Waals surface area contributed by atoms with Gasteiger partial charge in [-0.3, -0.25) is 4.79 Å². The first-order valence-electron chi connectivity index (χ1n) is 4.08. The third kappa shape index (κ3) is 3.81. The van der Waals surface area contributed by atoms with Crippen molar-refractivity contribution in [1.29, 1.82) is 0 Å². The fourth-order valence-electron chi connectivity index (χ4n) is 0.909. The number of carbonyl (C=O) groups excluding carboxylic acids is 3. The highest BCUT2D eigenvalue weighted by atomic mass is 16.6. The van der Waals surface area contributed by atoms with Gasteiger partial charge in [-0.15, -0.1) is 0 Å². The first kappa shape index (κ1) is 14.3. The number of amides is 2. The molecule has 0 bridgehead atoms. The van der Waals surface area contributed by atoms with Gasteiger partial charge in [0.05, 0.1) is 6.61 Å². The number of esters is 1. The number of ether oxygens (including phenoxy) is 1. The van der Waals surface area contributed by atoms with Crippen molar-refractivity contribution in [2.75, 3.05) is 6.61 Å². The van der Waals surface area contributed by atoms with Gasteiger partial charge in [0.1, 0.15) is 6.10 Å². The number of aliphatic hydroxyl groups excluding tert-OH is 3. The van der Waals surface area contributed by atoms with Crippen LogP contribution in [-0.2, 0) is 14.3 Å². The molecule has 0 spiro atoms. The van der Waals surface area contributed by atoms with Crippen LogP contribution in [0.1, 0.15) is 0 Å². The molecule has 9 nitrogen and oxygen atoms in total. The Hall–Kier alpha value is -1.71. The maximum absolute atomic E-state index is 10.6. The Labute approximate surface area is 89.6 Å². The van der Waals surface area contributed by atoms with Crippen LogP contribution in [0.2, 0.25) is 0 Å². The molecule has 0 aromatic carbocycles. The van der Waals surface area contributed by atoms with Crippen LogP contribution in [0.4, 0.5) is 4.79 Å². The fraction of sp³-hybridized carbons (Fsp3) is 0.571. The molecule has 1 aliphatic rings. The lowest BCUT2D eigenvalue weighted by Gasteiger charge is -2.15. The van der Waals surface area contributed by atoms with Crippen molar-refractivity contribution in [3.63, 3.8) is 0 Å². The number of aliphatic hydroxyl groups is 3. The molecule has 0 radical (unpaired) electrons. The standard InChI is InChI=1S/C6H8O6.CH4N2O/c7-1-2(8)5-3(9)4(10)6(11)12-5;2-1(3)4/h2-3,5,7-9H,1H2;(H4,2,3,4)/t2-,3?,5+;/m0./s1. The molecule has 16 heavy (non-hydrogen) atoms. The SMILES string of the molecule is NC(N)=O.O=C1O[C@H]([C@@H](O)CO)C(O)C1=O. The summed E-state index contributed by atoms with van der Waals surface area (Å²) in [5, 5.41) is 26.3. The molecular formula is C7H12N2O7. The van der Waals surface area contributed by atoms with Gasteiger partial charge < -0.3 is 31.5 Å². The molecule has 1 heterocycles. The zero-order valence-electron chi connectivity index (χ0n) is 8.07. The number of hydrogen-bond donors (Lipinski definition) is 5. The lowest BCUT2D eigenvalue weighted by molar-refractivity contribution is -0.152. The summed E-state index contributed by atoms with van der Waals surface area (Å²) in [6, 6.07) is -0.833. The largest absolute Gasteiger partial charge is 0.450 e. The fourth-order valence-corrected chi connectivity index (χ4v) is 0.909. The molecule has 7 N–H and O–H groups in total. The summed E-state index contributed by atoms with van der Waals surface area (Å²) < 4.78 is 4.29. The molecular weight excluding hydrogens is 224 g/mol. The van der Waals surface area contributed by atoms with Gasteiger partial charge in [0.2, 0.25) is 0 Å². The van der Waals surface area contributed by atoms with Crippen LogP contribution in [0.15, 0.2) is 0 Å². The molecule has 0 saturated carbocycles. The molecule has 0 aromatic rings. The number of nitrogens with two attached hydrogens (primary N) is 2. The smallest absolute Gasteiger partial charge is 0.378 e. The first-order chi connectivity index (χ1) is 7.31. The molecule has 0 aromatic heterocycles. The molecule has 1 unspecified atom stereocenters. The Bertz CT molecular complexity index is 288. The normalized spacial score (nSPS) is 25.4. The zero-order valence-corrected chi connectivity index (χ0v) is 8.07. The van der Waals surface area contributed by atoms with E-state index < -0.39 is 42.7 Å². The Morgan fingerprint density at radius 2 is 1.88 bits per heavy atom. The summed E-state index contributed by atoms with van der Waals surface area (Å²) in [6.45, 7) is -0.678. The van der Waals surface area contributed by atoms with Gasteiger partial charge in [-0.25, -0.2) is 9.59 Å². The van der Waals surface area contributed by atoms with Crippen LogP contribution in [0.5, 0.6) is 0 Å². The lowest BCUT2D eigenvalue weighted by atomic mass is 10.1. The third-order valence-electron chi connectivity index (χ3n) is 1.59. The van der Waals surface area contributed by atoms with Crippen molar-refractivity contribution in [3.05, 3.63) is 0 Å². The van der Waals surface area contributed by atoms with Crippen LogP contribution in [-0.4, -0.2) is 58.0 Å². The predicted molar refractivity (Wildman–Crippen MR) is 47.8 cm³/mol. The van der Waals surface area contributed by atoms with Gasteiger partial charge >= 0.3 is 12.0 Å². The van der Waals surface area contributed by atoms with Gasteiger partial charge in [-0.05, 0) is 0 Å². The second kappa shape index (κ2) is 6.00. The zero-order chi connectivity index (χ0) is 12.9. The molecule has 0 aliphatic carbocycles. The first-order valence-corrected chi connectivity index (χ1v) is 4.08. The highest BCUT2D eigenvalue weighted by molar-refractivity contribution is 6.37. The number of primary amides is 2. The Morgan fingerprint density at radius 1 is 1.44 bits per heavy atom. The van der Waals surface area contributed by atoms with E-state index in [2.05, 4.69) is 16.2 Å². The second-order valence-electron chi connectivity index (χ2n) is 2.83. The molecule has 1 rings (SSSR count).